The molecule has 2 N–H and O–H groups in total. The summed E-state index contributed by atoms with van der Waals surface area (Å²) < 4.78 is 9.09. The van der Waals surface area contributed by atoms with Crippen molar-refractivity contribution in [2.45, 2.75) is 170 Å². The van der Waals surface area contributed by atoms with E-state index in [0.29, 0.717) is 72.0 Å². The third-order valence-electron chi connectivity index (χ3n) is 11.1. The monoisotopic (exact) mass is 1280 g/mol. The number of carboxylic acids is 2. The largest absolute Gasteiger partial charge is 0.478 e. The molecule has 0 radical (unpaired) electrons. The van der Waals surface area contributed by atoms with Crippen LogP contribution in [0.4, 0.5) is 0 Å². The lowest BCUT2D eigenvalue weighted by molar-refractivity contribution is -0.164. The van der Waals surface area contributed by atoms with Crippen LogP contribution < -0.4 is 0 Å². The molecule has 0 bridgehead atoms. The maximum Gasteiger partial charge on any atom is 0.331 e. The molecule has 8 aliphatic rings. The molecule has 0 fully saturated rings. The number of allylic oxidation sites excluding steroid dienone is 28. The van der Waals surface area contributed by atoms with Crippen molar-refractivity contribution in [1.29, 1.82) is 0 Å². The first kappa shape index (κ1) is 90.5. The Hall–Kier alpha value is -5.71. The van der Waals surface area contributed by atoms with Crippen LogP contribution in [0, 0.1) is 0 Å². The van der Waals surface area contributed by atoms with Crippen molar-refractivity contribution in [3.05, 3.63) is 187 Å². The van der Waals surface area contributed by atoms with Crippen LogP contribution in [0.15, 0.2) is 187 Å². The van der Waals surface area contributed by atoms with Crippen LogP contribution in [0.2, 0.25) is 0 Å². The summed E-state index contributed by atoms with van der Waals surface area (Å²) in [7, 11) is 13.4. The number of carbonyl (C=O) groups excluding carboxylic acids is 4. The molecule has 478 valence electrons. The molecule has 0 atom stereocenters. The Balaban J connectivity index is -0.000000225. The van der Waals surface area contributed by atoms with E-state index in [-0.39, 0.29) is 19.2 Å². The number of likely N-dealkylation sites (N-methyl/N-ethyl adjacent to an activating group) is 2. The first-order valence-electron chi connectivity index (χ1n) is 28.7. The van der Waals surface area contributed by atoms with Crippen molar-refractivity contribution < 1.29 is 52.9 Å². The van der Waals surface area contributed by atoms with Gasteiger partial charge in [0, 0.05) is 107 Å². The molecule has 0 unspecified atom stereocenters. The zero-order valence-corrected chi connectivity index (χ0v) is 57.3. The van der Waals surface area contributed by atoms with E-state index in [1.807, 2.05) is 135 Å². The van der Waals surface area contributed by atoms with Crippen molar-refractivity contribution in [2.24, 2.45) is 0 Å². The van der Waals surface area contributed by atoms with Crippen molar-refractivity contribution in [3.63, 3.8) is 0 Å². The average molecular weight is 1280 g/mol. The third kappa shape index (κ3) is 34.9. The minimum Gasteiger partial charge on any atom is -0.478 e. The molecule has 13 nitrogen and oxygen atoms in total. The second kappa shape index (κ2) is 56.1. The highest BCUT2D eigenvalue weighted by molar-refractivity contribution is 8.26. The van der Waals surface area contributed by atoms with E-state index in [2.05, 4.69) is 57.8 Å². The van der Waals surface area contributed by atoms with Crippen molar-refractivity contribution >= 4 is 88.0 Å². The smallest absolute Gasteiger partial charge is 0.331 e. The number of nitrogens with zero attached hydrogens (tertiary/aromatic N) is 2. The molecule has 0 saturated heterocycles. The van der Waals surface area contributed by atoms with Gasteiger partial charge in [-0.3, -0.25) is 28.9 Å². The number of carboxylic acid groups (broad SMARTS) is 2. The van der Waals surface area contributed by atoms with Gasteiger partial charge in [0.05, 0.1) is 14.2 Å². The molecule has 0 aromatic heterocycles. The summed E-state index contributed by atoms with van der Waals surface area (Å²) in [5, 5.41) is 19.1. The van der Waals surface area contributed by atoms with Gasteiger partial charge in [-0.1, -0.05) is 228 Å². The second-order valence-electron chi connectivity index (χ2n) is 15.3. The van der Waals surface area contributed by atoms with Crippen LogP contribution in [0.1, 0.15) is 170 Å². The standard InChI is InChI=1S/C16H20N2O4.C12H8Cl2O2.C12H10O4.C10H10.8C2H6.CH4.Cl2OS/c1-17(21-3)15(19)13-7-5-11(9-13)12-6-8-14(10-12)16(20)18(2)22-4;13-11(15)9-3-1-7(5-9)8-2-4-10(6-8)12(14)16;13-11(14)9-3-1-7(5-9)8-2-4-10(6-8)12(15)16;1-2-6-9(5-1)10-7-3-4-8-10;8*1-2;;1-4(2)3/h5-8H,9-10H2,1-4H3;1-4H,5-6H2;1-4H,5-6H2,(H,13,14)(H,15,16);1-5,7H,6,8H2;8*1-2H3;1H4;. The van der Waals surface area contributed by atoms with E-state index < -0.39 is 31.7 Å². The normalized spacial score (nSPS) is 14.9. The van der Waals surface area contributed by atoms with Gasteiger partial charge in [-0.05, 0) is 80.6 Å². The fourth-order valence-corrected chi connectivity index (χ4v) is 7.53. The highest BCUT2D eigenvalue weighted by atomic mass is 36.0. The van der Waals surface area contributed by atoms with Crippen LogP contribution in [-0.2, 0) is 47.7 Å². The summed E-state index contributed by atoms with van der Waals surface area (Å²) in [5.41, 5.74) is 12.1. The Morgan fingerprint density at radius 1 is 0.388 bits per heavy atom. The molecule has 0 heterocycles. The minimum atomic E-state index is -1.67. The first-order valence-corrected chi connectivity index (χ1v) is 32.2. The highest BCUT2D eigenvalue weighted by Gasteiger charge is 2.26. The summed E-state index contributed by atoms with van der Waals surface area (Å²) in [6, 6.07) is 0. The van der Waals surface area contributed by atoms with Crippen molar-refractivity contribution in [1.82, 2.24) is 10.1 Å². The SMILES string of the molecule is C.C1=CCC(C2=CC=CC2)=C1.CC.CC.CC.CC.CC.CC.CC.CC.CON(C)C(=O)C1=CC=C(C2=CC=C(C(=O)N(C)OC)C2)C1.O=C(Cl)C1=CC=C(C2=CC=C(C(=O)Cl)C2)C1.O=C(O)C1=CC=C(C2=CC=C(C(=O)O)C2)C1.O=S(Cl)Cl. The Morgan fingerprint density at radius 3 is 0.753 bits per heavy atom. The number of halogens is 4. The first-order chi connectivity index (χ1) is 40.3. The molecule has 0 aliphatic heterocycles. The molecule has 18 heteroatoms. The number of rotatable bonds is 12. The third-order valence-corrected chi connectivity index (χ3v) is 11.6. The topological polar surface area (TPSA) is 185 Å². The maximum absolute atomic E-state index is 12.0. The molecule has 0 aromatic carbocycles. The van der Waals surface area contributed by atoms with Crippen molar-refractivity contribution in [3.8, 4) is 0 Å². The van der Waals surface area contributed by atoms with Gasteiger partial charge in [0.2, 0.25) is 19.7 Å². The number of amides is 2. The van der Waals surface area contributed by atoms with Gasteiger partial charge in [0.25, 0.3) is 11.8 Å². The molecule has 8 rings (SSSR count). The lowest BCUT2D eigenvalue weighted by atomic mass is 10.00. The summed E-state index contributed by atoms with van der Waals surface area (Å²) in [4.78, 5) is 77.1. The van der Waals surface area contributed by atoms with E-state index in [0.717, 1.165) is 46.3 Å². The maximum atomic E-state index is 12.0. The molecule has 0 aromatic rings. The van der Waals surface area contributed by atoms with E-state index in [1.54, 1.807) is 62.7 Å². The average Bonchev–Trinajstić information content (AvgIpc) is 4.58. The lowest BCUT2D eigenvalue weighted by Gasteiger charge is -2.16. The molecule has 2 amide bonds. The molecule has 0 spiro atoms. The second-order valence-corrected chi connectivity index (χ2v) is 18.5. The highest BCUT2D eigenvalue weighted by Crippen LogP contribution is 2.36. The molecule has 0 saturated carbocycles. The number of aliphatic carboxylic acids is 2. The molecular weight excluding hydrogens is 1180 g/mol. The molecule has 8 aliphatic carbocycles. The van der Waals surface area contributed by atoms with E-state index in [4.69, 9.17) is 47.3 Å². The van der Waals surface area contributed by atoms with Gasteiger partial charge in [-0.15, -0.1) is 0 Å². The van der Waals surface area contributed by atoms with Crippen LogP contribution in [0.5, 0.6) is 0 Å². The Kier molecular flexibility index (Phi) is 59.7. The zero-order chi connectivity index (χ0) is 66.1. The van der Waals surface area contributed by atoms with Crippen LogP contribution in [0.25, 0.3) is 0 Å². The fourth-order valence-electron chi connectivity index (χ4n) is 7.27. The van der Waals surface area contributed by atoms with Gasteiger partial charge in [-0.25, -0.2) is 23.9 Å². The predicted molar refractivity (Wildman–Crippen MR) is 362 cm³/mol. The van der Waals surface area contributed by atoms with E-state index in [9.17, 15) is 28.8 Å². The van der Waals surface area contributed by atoms with Gasteiger partial charge in [0.15, 0.2) is 0 Å². The zero-order valence-electron chi connectivity index (χ0n) is 53.4. The summed E-state index contributed by atoms with van der Waals surface area (Å²) in [6.45, 7) is 32.0. The van der Waals surface area contributed by atoms with Crippen LogP contribution >= 0.6 is 44.6 Å². The van der Waals surface area contributed by atoms with Gasteiger partial charge >= 0.3 is 11.9 Å². The van der Waals surface area contributed by atoms with Crippen LogP contribution in [0.3, 0.4) is 0 Å². The number of hydrogen-bond donors (Lipinski definition) is 2. The lowest BCUT2D eigenvalue weighted by Crippen LogP contribution is -2.27. The predicted octanol–water partition coefficient (Wildman–Crippen LogP) is 18.9. The van der Waals surface area contributed by atoms with Crippen molar-refractivity contribution in [2.75, 3.05) is 28.3 Å². The van der Waals surface area contributed by atoms with Gasteiger partial charge in [0.1, 0.15) is 0 Å². The Bertz CT molecular complexity index is 2400. The number of carbonyl (C=O) groups is 6. The molecular formula is C67H100Cl4N2O11S. The van der Waals surface area contributed by atoms with E-state index in [1.165, 1.54) is 35.5 Å². The van der Waals surface area contributed by atoms with Gasteiger partial charge < -0.3 is 10.2 Å². The summed E-state index contributed by atoms with van der Waals surface area (Å²) in [6.07, 6.45) is 39.5. The number of hydrogen-bond acceptors (Lipinski definition) is 9. The molecule has 85 heavy (non-hydrogen) atoms. The van der Waals surface area contributed by atoms with E-state index >= 15 is 0 Å². The summed E-state index contributed by atoms with van der Waals surface area (Å²) >= 11 is 10.8. The number of hydroxylamine groups is 4. The minimum absolute atomic E-state index is 0. The van der Waals surface area contributed by atoms with Gasteiger partial charge in [-0.2, -0.15) is 0 Å². The van der Waals surface area contributed by atoms with Crippen LogP contribution in [-0.4, -0.2) is 87.1 Å². The summed E-state index contributed by atoms with van der Waals surface area (Å²) in [5.74, 6) is -2.15. The Morgan fingerprint density at radius 2 is 0.588 bits per heavy atom. The quantitative estimate of drug-likeness (QED) is 0.140. The Labute approximate surface area is 533 Å². The fraction of sp³-hybridized carbons (Fsp3) is 0.433.